The molecule has 1 aromatic carbocycles. The van der Waals surface area contributed by atoms with E-state index < -0.39 is 11.5 Å². The van der Waals surface area contributed by atoms with Crippen LogP contribution in [-0.2, 0) is 9.53 Å². The van der Waals surface area contributed by atoms with Crippen LogP contribution in [0.4, 0.5) is 0 Å². The second-order valence-electron chi connectivity index (χ2n) is 5.97. The zero-order valence-electron chi connectivity index (χ0n) is 13.8. The highest BCUT2D eigenvalue weighted by Gasteiger charge is 2.39. The number of benzene rings is 1. The Labute approximate surface area is 137 Å². The number of aliphatic hydroxyl groups excluding tert-OH is 1. The number of hydrogen-bond donors (Lipinski definition) is 3. The van der Waals surface area contributed by atoms with Crippen molar-refractivity contribution in [3.8, 4) is 5.75 Å². The van der Waals surface area contributed by atoms with Gasteiger partial charge in [0.1, 0.15) is 5.75 Å². The van der Waals surface area contributed by atoms with Crippen molar-refractivity contribution in [3.63, 3.8) is 0 Å². The number of piperidine rings is 1. The molecule has 128 valence electrons. The van der Waals surface area contributed by atoms with E-state index in [-0.39, 0.29) is 12.5 Å². The Bertz CT molecular complexity index is 510. The number of methoxy groups -OCH3 is 2. The molecule has 1 fully saturated rings. The van der Waals surface area contributed by atoms with Crippen LogP contribution in [0.15, 0.2) is 24.3 Å². The highest BCUT2D eigenvalue weighted by atomic mass is 16.5. The summed E-state index contributed by atoms with van der Waals surface area (Å²) in [6.07, 6.45) is 0.708. The van der Waals surface area contributed by atoms with Crippen molar-refractivity contribution in [2.24, 2.45) is 5.41 Å². The van der Waals surface area contributed by atoms with Crippen LogP contribution in [0.25, 0.3) is 0 Å². The van der Waals surface area contributed by atoms with E-state index in [0.29, 0.717) is 12.4 Å². The lowest BCUT2D eigenvalue weighted by Crippen LogP contribution is -2.50. The first-order chi connectivity index (χ1) is 11.1. The third-order valence-electron chi connectivity index (χ3n) is 4.40. The van der Waals surface area contributed by atoms with Gasteiger partial charge in [-0.3, -0.25) is 4.79 Å². The summed E-state index contributed by atoms with van der Waals surface area (Å²) < 4.78 is 10.4. The summed E-state index contributed by atoms with van der Waals surface area (Å²) in [5.74, 6) is 0.630. The summed E-state index contributed by atoms with van der Waals surface area (Å²) in [7, 11) is 3.20. The van der Waals surface area contributed by atoms with Crippen LogP contribution >= 0.6 is 0 Å². The summed E-state index contributed by atoms with van der Waals surface area (Å²) >= 11 is 0. The van der Waals surface area contributed by atoms with Crippen LogP contribution in [-0.4, -0.2) is 51.5 Å². The Morgan fingerprint density at radius 2 is 2.13 bits per heavy atom. The highest BCUT2D eigenvalue weighted by molar-refractivity contribution is 5.83. The summed E-state index contributed by atoms with van der Waals surface area (Å²) in [5.41, 5.74) is 0.212. The van der Waals surface area contributed by atoms with Gasteiger partial charge in [0, 0.05) is 13.7 Å². The molecule has 1 aliphatic heterocycles. The quantitative estimate of drug-likeness (QED) is 0.694. The number of carbonyl (C=O) groups is 1. The fraction of sp³-hybridized carbons (Fsp3) is 0.588. The zero-order chi connectivity index (χ0) is 16.7. The van der Waals surface area contributed by atoms with Crippen LogP contribution in [0.1, 0.15) is 24.5 Å². The fourth-order valence-corrected chi connectivity index (χ4v) is 2.96. The van der Waals surface area contributed by atoms with Gasteiger partial charge in [-0.25, -0.2) is 0 Å². The molecule has 1 aromatic rings. The minimum Gasteiger partial charge on any atom is -0.497 e. The van der Waals surface area contributed by atoms with Gasteiger partial charge in [-0.2, -0.15) is 0 Å². The van der Waals surface area contributed by atoms with Gasteiger partial charge in [0.2, 0.25) is 5.91 Å². The Morgan fingerprint density at radius 1 is 1.39 bits per heavy atom. The first kappa shape index (κ1) is 17.7. The lowest BCUT2D eigenvalue weighted by atomic mass is 9.78. The van der Waals surface area contributed by atoms with E-state index in [9.17, 15) is 9.90 Å². The number of ether oxygens (including phenoxy) is 2. The topological polar surface area (TPSA) is 79.8 Å². The normalized spacial score (nSPS) is 18.2. The van der Waals surface area contributed by atoms with Crippen molar-refractivity contribution in [2.75, 3.05) is 40.5 Å². The van der Waals surface area contributed by atoms with Crippen LogP contribution in [0.2, 0.25) is 0 Å². The highest BCUT2D eigenvalue weighted by Crippen LogP contribution is 2.29. The molecule has 1 atom stereocenters. The fourth-order valence-electron chi connectivity index (χ4n) is 2.96. The molecule has 1 heterocycles. The molecule has 0 radical (unpaired) electrons. The van der Waals surface area contributed by atoms with Crippen molar-refractivity contribution in [1.82, 2.24) is 10.6 Å². The first-order valence-electron chi connectivity index (χ1n) is 7.91. The standard InChI is InChI=1S/C17H26N2O4/c1-22-12-17(6-8-18-9-7-17)16(21)19-11-15(20)13-4-3-5-14(10-13)23-2/h3-5,10,15,18,20H,6-9,11-12H2,1-2H3,(H,19,21). The Kier molecular flexibility index (Phi) is 6.38. The minimum atomic E-state index is -0.768. The largest absolute Gasteiger partial charge is 0.497 e. The van der Waals surface area contributed by atoms with Crippen LogP contribution < -0.4 is 15.4 Å². The summed E-state index contributed by atoms with van der Waals surface area (Å²) in [6.45, 7) is 2.17. The van der Waals surface area contributed by atoms with E-state index >= 15 is 0 Å². The molecular weight excluding hydrogens is 296 g/mol. The molecule has 0 aliphatic carbocycles. The van der Waals surface area contributed by atoms with Crippen molar-refractivity contribution >= 4 is 5.91 Å². The van der Waals surface area contributed by atoms with Gasteiger partial charge in [-0.1, -0.05) is 12.1 Å². The molecule has 0 aromatic heterocycles. The molecular formula is C17H26N2O4. The average molecular weight is 322 g/mol. The van der Waals surface area contributed by atoms with Gasteiger partial charge in [-0.15, -0.1) is 0 Å². The SMILES string of the molecule is COCC1(C(=O)NCC(O)c2cccc(OC)c2)CCNCC1. The van der Waals surface area contributed by atoms with E-state index in [2.05, 4.69) is 10.6 Å². The molecule has 6 heteroatoms. The summed E-state index contributed by atoms with van der Waals surface area (Å²) in [5, 5.41) is 16.4. The number of amides is 1. The lowest BCUT2D eigenvalue weighted by Gasteiger charge is -2.35. The number of aliphatic hydroxyl groups is 1. The molecule has 6 nitrogen and oxygen atoms in total. The molecule has 1 saturated heterocycles. The molecule has 1 amide bonds. The van der Waals surface area contributed by atoms with E-state index in [1.165, 1.54) is 0 Å². The van der Waals surface area contributed by atoms with E-state index in [4.69, 9.17) is 9.47 Å². The zero-order valence-corrected chi connectivity index (χ0v) is 13.8. The van der Waals surface area contributed by atoms with Gasteiger partial charge in [0.25, 0.3) is 0 Å². The molecule has 0 saturated carbocycles. The van der Waals surface area contributed by atoms with E-state index in [0.717, 1.165) is 31.5 Å². The van der Waals surface area contributed by atoms with Crippen molar-refractivity contribution < 1.29 is 19.4 Å². The third kappa shape index (κ3) is 4.43. The Balaban J connectivity index is 1.96. The maximum Gasteiger partial charge on any atom is 0.228 e. The summed E-state index contributed by atoms with van der Waals surface area (Å²) in [6, 6.07) is 7.22. The monoisotopic (exact) mass is 322 g/mol. The third-order valence-corrected chi connectivity index (χ3v) is 4.40. The molecule has 0 spiro atoms. The predicted octanol–water partition coefficient (Wildman–Crippen LogP) is 0.861. The van der Waals surface area contributed by atoms with Crippen molar-refractivity contribution in [2.45, 2.75) is 18.9 Å². The second-order valence-corrected chi connectivity index (χ2v) is 5.97. The maximum atomic E-state index is 12.6. The predicted molar refractivity (Wildman–Crippen MR) is 87.4 cm³/mol. The molecule has 3 N–H and O–H groups in total. The summed E-state index contributed by atoms with van der Waals surface area (Å²) in [4.78, 5) is 12.6. The lowest BCUT2D eigenvalue weighted by molar-refractivity contribution is -0.136. The number of nitrogens with one attached hydrogen (secondary N) is 2. The van der Waals surface area contributed by atoms with Crippen LogP contribution in [0, 0.1) is 5.41 Å². The smallest absolute Gasteiger partial charge is 0.228 e. The maximum absolute atomic E-state index is 12.6. The van der Waals surface area contributed by atoms with Gasteiger partial charge >= 0.3 is 0 Å². The van der Waals surface area contributed by atoms with Gasteiger partial charge in [-0.05, 0) is 43.6 Å². The molecule has 23 heavy (non-hydrogen) atoms. The minimum absolute atomic E-state index is 0.0530. The molecule has 0 bridgehead atoms. The number of carbonyl (C=O) groups excluding carboxylic acids is 1. The molecule has 1 aliphatic rings. The van der Waals surface area contributed by atoms with E-state index in [1.807, 2.05) is 18.2 Å². The van der Waals surface area contributed by atoms with Gasteiger partial charge < -0.3 is 25.2 Å². The second kappa shape index (κ2) is 8.29. The van der Waals surface area contributed by atoms with Crippen molar-refractivity contribution in [1.29, 1.82) is 0 Å². The van der Waals surface area contributed by atoms with E-state index in [1.54, 1.807) is 20.3 Å². The number of rotatable bonds is 7. The van der Waals surface area contributed by atoms with Crippen LogP contribution in [0.3, 0.4) is 0 Å². The molecule has 2 rings (SSSR count). The first-order valence-corrected chi connectivity index (χ1v) is 7.91. The van der Waals surface area contributed by atoms with Gasteiger partial charge in [0.15, 0.2) is 0 Å². The Hall–Kier alpha value is -1.63. The van der Waals surface area contributed by atoms with Crippen molar-refractivity contribution in [3.05, 3.63) is 29.8 Å². The van der Waals surface area contributed by atoms with Crippen LogP contribution in [0.5, 0.6) is 5.75 Å². The van der Waals surface area contributed by atoms with Gasteiger partial charge in [0.05, 0.1) is 25.2 Å². The Morgan fingerprint density at radius 3 is 2.78 bits per heavy atom. The average Bonchev–Trinajstić information content (AvgIpc) is 2.60. The number of hydrogen-bond acceptors (Lipinski definition) is 5. The molecule has 1 unspecified atom stereocenters.